The van der Waals surface area contributed by atoms with Crippen molar-refractivity contribution >= 4 is 24.2 Å². The summed E-state index contributed by atoms with van der Waals surface area (Å²) in [6, 6.07) is 6.92. The Morgan fingerprint density at radius 2 is 1.95 bits per heavy atom. The molecule has 0 radical (unpaired) electrons. The Bertz CT molecular complexity index is 463. The van der Waals surface area contributed by atoms with Crippen LogP contribution in [0.25, 0.3) is 0 Å². The maximum absolute atomic E-state index is 11.7. The number of rotatable bonds is 6. The van der Waals surface area contributed by atoms with E-state index >= 15 is 0 Å². The highest BCUT2D eigenvalue weighted by Crippen LogP contribution is 2.05. The van der Waals surface area contributed by atoms with Crippen LogP contribution in [0.2, 0.25) is 0 Å². The van der Waals surface area contributed by atoms with Crippen molar-refractivity contribution in [3.05, 3.63) is 35.4 Å². The molecule has 0 fully saturated rings. The Hall–Kier alpha value is -1.59. The number of amides is 2. The van der Waals surface area contributed by atoms with E-state index < -0.39 is 5.91 Å². The molecular formula is C14H22ClN3O2. The number of hydrogen-bond donors (Lipinski definition) is 3. The molecule has 0 aromatic heterocycles. The van der Waals surface area contributed by atoms with E-state index in [0.29, 0.717) is 18.5 Å². The normalized spacial score (nSPS) is 12.9. The SMILES string of the molecule is CC(N)C(C)C(=O)NCCc1cccc(C(N)=O)c1.Cl. The molecule has 2 amide bonds. The minimum Gasteiger partial charge on any atom is -0.366 e. The van der Waals surface area contributed by atoms with Crippen LogP contribution in [0.15, 0.2) is 24.3 Å². The lowest BCUT2D eigenvalue weighted by Gasteiger charge is -2.15. The summed E-state index contributed by atoms with van der Waals surface area (Å²) < 4.78 is 0. The maximum atomic E-state index is 11.7. The van der Waals surface area contributed by atoms with Gasteiger partial charge in [-0.2, -0.15) is 0 Å². The molecule has 1 rings (SSSR count). The van der Waals surface area contributed by atoms with Crippen molar-refractivity contribution in [2.75, 3.05) is 6.54 Å². The third kappa shape index (κ3) is 5.59. The van der Waals surface area contributed by atoms with E-state index in [1.54, 1.807) is 32.0 Å². The van der Waals surface area contributed by atoms with Crippen LogP contribution in [0.5, 0.6) is 0 Å². The molecule has 2 unspecified atom stereocenters. The van der Waals surface area contributed by atoms with Gasteiger partial charge in [-0.15, -0.1) is 12.4 Å². The molecule has 2 atom stereocenters. The Morgan fingerprint density at radius 3 is 2.50 bits per heavy atom. The van der Waals surface area contributed by atoms with E-state index in [4.69, 9.17) is 11.5 Å². The van der Waals surface area contributed by atoms with Crippen molar-refractivity contribution in [3.8, 4) is 0 Å². The lowest BCUT2D eigenvalue weighted by Crippen LogP contribution is -2.39. The number of carbonyl (C=O) groups is 2. The van der Waals surface area contributed by atoms with Gasteiger partial charge in [0.05, 0.1) is 0 Å². The summed E-state index contributed by atoms with van der Waals surface area (Å²) in [5.41, 5.74) is 12.3. The van der Waals surface area contributed by atoms with Crippen LogP contribution in [0.3, 0.4) is 0 Å². The van der Waals surface area contributed by atoms with Gasteiger partial charge in [-0.25, -0.2) is 0 Å². The van der Waals surface area contributed by atoms with Crippen molar-refractivity contribution in [1.82, 2.24) is 5.32 Å². The van der Waals surface area contributed by atoms with Crippen molar-refractivity contribution in [1.29, 1.82) is 0 Å². The zero-order chi connectivity index (χ0) is 14.4. The van der Waals surface area contributed by atoms with Crippen molar-refractivity contribution in [2.45, 2.75) is 26.3 Å². The van der Waals surface area contributed by atoms with Gasteiger partial charge in [0.15, 0.2) is 0 Å². The highest BCUT2D eigenvalue weighted by molar-refractivity contribution is 5.92. The monoisotopic (exact) mass is 299 g/mol. The summed E-state index contributed by atoms with van der Waals surface area (Å²) >= 11 is 0. The number of nitrogens with one attached hydrogen (secondary N) is 1. The summed E-state index contributed by atoms with van der Waals surface area (Å²) in [6.07, 6.45) is 0.651. The molecule has 0 aliphatic heterocycles. The standard InChI is InChI=1S/C14H21N3O2.ClH/c1-9(10(2)15)14(19)17-7-6-11-4-3-5-12(8-11)13(16)18;/h3-5,8-10H,6-7,15H2,1-2H3,(H2,16,18)(H,17,19);1H. The zero-order valence-corrected chi connectivity index (χ0v) is 12.6. The number of carbonyl (C=O) groups excluding carboxylic acids is 2. The summed E-state index contributed by atoms with van der Waals surface area (Å²) in [7, 11) is 0. The van der Waals surface area contributed by atoms with Crippen LogP contribution in [0.4, 0.5) is 0 Å². The second-order valence-electron chi connectivity index (χ2n) is 4.75. The van der Waals surface area contributed by atoms with Crippen LogP contribution >= 0.6 is 12.4 Å². The Labute approximate surface area is 125 Å². The van der Waals surface area contributed by atoms with Gasteiger partial charge in [0.1, 0.15) is 0 Å². The summed E-state index contributed by atoms with van der Waals surface area (Å²) in [4.78, 5) is 22.7. The zero-order valence-electron chi connectivity index (χ0n) is 11.8. The van der Waals surface area contributed by atoms with Gasteiger partial charge in [0.25, 0.3) is 0 Å². The Kier molecular flexibility index (Phi) is 7.87. The van der Waals surface area contributed by atoms with Gasteiger partial charge >= 0.3 is 0 Å². The number of primary amides is 1. The van der Waals surface area contributed by atoms with E-state index in [1.165, 1.54) is 0 Å². The third-order valence-corrected chi connectivity index (χ3v) is 3.13. The first-order chi connectivity index (χ1) is 8.91. The van der Waals surface area contributed by atoms with Gasteiger partial charge in [-0.1, -0.05) is 19.1 Å². The second kappa shape index (κ2) is 8.55. The molecule has 6 heteroatoms. The minimum absolute atomic E-state index is 0. The molecule has 0 bridgehead atoms. The largest absolute Gasteiger partial charge is 0.366 e. The number of benzene rings is 1. The molecule has 5 N–H and O–H groups in total. The van der Waals surface area contributed by atoms with E-state index in [1.807, 2.05) is 6.07 Å². The topological polar surface area (TPSA) is 98.2 Å². The van der Waals surface area contributed by atoms with Crippen molar-refractivity contribution in [3.63, 3.8) is 0 Å². The minimum atomic E-state index is -0.448. The van der Waals surface area contributed by atoms with E-state index in [2.05, 4.69) is 5.32 Å². The molecule has 5 nitrogen and oxygen atoms in total. The first-order valence-electron chi connectivity index (χ1n) is 6.34. The summed E-state index contributed by atoms with van der Waals surface area (Å²) in [5, 5.41) is 2.83. The average molecular weight is 300 g/mol. The van der Waals surface area contributed by atoms with Crippen LogP contribution in [-0.4, -0.2) is 24.4 Å². The van der Waals surface area contributed by atoms with Gasteiger partial charge in [0, 0.05) is 24.1 Å². The lowest BCUT2D eigenvalue weighted by molar-refractivity contribution is -0.124. The van der Waals surface area contributed by atoms with Crippen molar-refractivity contribution < 1.29 is 9.59 Å². The number of hydrogen-bond acceptors (Lipinski definition) is 3. The average Bonchev–Trinajstić information content (AvgIpc) is 2.37. The molecule has 112 valence electrons. The fourth-order valence-corrected chi connectivity index (χ4v) is 1.61. The smallest absolute Gasteiger partial charge is 0.248 e. The van der Waals surface area contributed by atoms with Crippen LogP contribution in [-0.2, 0) is 11.2 Å². The molecule has 20 heavy (non-hydrogen) atoms. The fourth-order valence-electron chi connectivity index (χ4n) is 1.61. The molecule has 1 aromatic carbocycles. The molecule has 0 heterocycles. The summed E-state index contributed by atoms with van der Waals surface area (Å²) in [5.74, 6) is -0.713. The van der Waals surface area contributed by atoms with Crippen LogP contribution in [0, 0.1) is 5.92 Å². The number of halogens is 1. The fraction of sp³-hybridized carbons (Fsp3) is 0.429. The third-order valence-electron chi connectivity index (χ3n) is 3.13. The second-order valence-corrected chi connectivity index (χ2v) is 4.75. The maximum Gasteiger partial charge on any atom is 0.248 e. The van der Waals surface area contributed by atoms with E-state index in [0.717, 1.165) is 5.56 Å². The van der Waals surface area contributed by atoms with Gasteiger partial charge in [-0.05, 0) is 31.0 Å². The molecule has 0 saturated heterocycles. The van der Waals surface area contributed by atoms with Gasteiger partial charge in [-0.3, -0.25) is 9.59 Å². The molecule has 0 saturated carbocycles. The van der Waals surface area contributed by atoms with E-state index in [-0.39, 0.29) is 30.3 Å². The number of nitrogens with two attached hydrogens (primary N) is 2. The molecule has 0 spiro atoms. The molecular weight excluding hydrogens is 278 g/mol. The van der Waals surface area contributed by atoms with Crippen LogP contribution in [0.1, 0.15) is 29.8 Å². The summed E-state index contributed by atoms with van der Waals surface area (Å²) in [6.45, 7) is 4.12. The first-order valence-corrected chi connectivity index (χ1v) is 6.34. The molecule has 1 aromatic rings. The van der Waals surface area contributed by atoms with Gasteiger partial charge < -0.3 is 16.8 Å². The molecule has 0 aliphatic rings. The van der Waals surface area contributed by atoms with Gasteiger partial charge in [0.2, 0.25) is 11.8 Å². The van der Waals surface area contributed by atoms with Crippen molar-refractivity contribution in [2.24, 2.45) is 17.4 Å². The highest BCUT2D eigenvalue weighted by Gasteiger charge is 2.16. The predicted octanol–water partition coefficient (Wildman–Crippen LogP) is 0.849. The first kappa shape index (κ1) is 18.4. The van der Waals surface area contributed by atoms with E-state index in [9.17, 15) is 9.59 Å². The quantitative estimate of drug-likeness (QED) is 0.726. The lowest BCUT2D eigenvalue weighted by atomic mass is 10.0. The van der Waals surface area contributed by atoms with Crippen LogP contribution < -0.4 is 16.8 Å². The highest BCUT2D eigenvalue weighted by atomic mass is 35.5. The Balaban J connectivity index is 0.00000361. The Morgan fingerprint density at radius 1 is 1.30 bits per heavy atom. The molecule has 0 aliphatic carbocycles. The predicted molar refractivity (Wildman–Crippen MR) is 81.7 cm³/mol.